The van der Waals surface area contributed by atoms with E-state index in [0.29, 0.717) is 18.4 Å². The fourth-order valence-corrected chi connectivity index (χ4v) is 3.62. The molecule has 0 bridgehead atoms. The number of ketones is 1. The summed E-state index contributed by atoms with van der Waals surface area (Å²) in [6.45, 7) is 4.80. The Bertz CT molecular complexity index is 674. The quantitative estimate of drug-likeness (QED) is 0.530. The molecule has 1 heterocycles. The maximum Gasteiger partial charge on any atom is 0.174 e. The minimum Gasteiger partial charge on any atom is -0.493 e. The van der Waals surface area contributed by atoms with Crippen LogP contribution in [0, 0.1) is 13.8 Å². The highest BCUT2D eigenvalue weighted by Crippen LogP contribution is 2.38. The van der Waals surface area contributed by atoms with Crippen molar-refractivity contribution in [2.75, 3.05) is 18.1 Å². The van der Waals surface area contributed by atoms with E-state index in [2.05, 4.69) is 24.5 Å². The molecule has 1 aliphatic rings. The fraction of sp³-hybridized carbons (Fsp3) is 0.421. The summed E-state index contributed by atoms with van der Waals surface area (Å²) in [5.74, 6) is 2.46. The predicted molar refractivity (Wildman–Crippen MR) is 95.8 cm³/mol. The van der Waals surface area contributed by atoms with E-state index in [-0.39, 0.29) is 5.78 Å². The molecule has 2 aromatic rings. The Morgan fingerprint density at radius 2 is 2.00 bits per heavy atom. The van der Waals surface area contributed by atoms with Crippen molar-refractivity contribution in [3.63, 3.8) is 0 Å². The van der Waals surface area contributed by atoms with E-state index in [9.17, 15) is 4.79 Å². The molecule has 122 valence electrons. The number of hydrogen-bond donors (Lipinski definition) is 0. The van der Waals surface area contributed by atoms with E-state index in [0.717, 1.165) is 22.8 Å². The average molecular weight is 329 g/mol. The number of aromatic nitrogens is 1. The first-order valence-electron chi connectivity index (χ1n) is 8.14. The molecular formula is C19H23NO2S. The lowest BCUT2D eigenvalue weighted by Crippen LogP contribution is -2.08. The Balaban J connectivity index is 1.45. The third-order valence-electron chi connectivity index (χ3n) is 4.17. The smallest absolute Gasteiger partial charge is 0.174 e. The minimum absolute atomic E-state index is 0.231. The zero-order valence-electron chi connectivity index (χ0n) is 13.7. The number of hydrogen-bond acceptors (Lipinski definition) is 3. The van der Waals surface area contributed by atoms with Crippen molar-refractivity contribution in [1.29, 1.82) is 0 Å². The molecule has 23 heavy (non-hydrogen) atoms. The number of para-hydroxylation sites is 1. The van der Waals surface area contributed by atoms with Crippen LogP contribution in [0.25, 0.3) is 0 Å². The summed E-state index contributed by atoms with van der Waals surface area (Å²) in [6.07, 6.45) is 2.49. The average Bonchev–Trinajstić information content (AvgIpc) is 3.33. The Morgan fingerprint density at radius 1 is 1.26 bits per heavy atom. The van der Waals surface area contributed by atoms with Gasteiger partial charge in [0.1, 0.15) is 5.75 Å². The minimum atomic E-state index is 0.231. The van der Waals surface area contributed by atoms with E-state index in [4.69, 9.17) is 4.74 Å². The molecule has 0 atom stereocenters. The van der Waals surface area contributed by atoms with Crippen LogP contribution in [0.4, 0.5) is 0 Å². The summed E-state index contributed by atoms with van der Waals surface area (Å²) < 4.78 is 7.97. The van der Waals surface area contributed by atoms with Gasteiger partial charge in [-0.25, -0.2) is 0 Å². The lowest BCUT2D eigenvalue weighted by molar-refractivity contribution is 0.102. The number of Topliss-reactive ketones (excluding diaryl/α,β-unsaturated/α-hetero) is 1. The molecule has 1 saturated carbocycles. The van der Waals surface area contributed by atoms with Crippen LogP contribution < -0.4 is 4.74 Å². The number of nitrogens with zero attached hydrogens (tertiary/aromatic N) is 1. The number of aryl methyl sites for hydroxylation is 1. The summed E-state index contributed by atoms with van der Waals surface area (Å²) in [7, 11) is 0. The van der Waals surface area contributed by atoms with Crippen molar-refractivity contribution in [3.05, 3.63) is 53.3 Å². The van der Waals surface area contributed by atoms with E-state index in [1.165, 1.54) is 18.5 Å². The molecule has 1 aliphatic carbocycles. The van der Waals surface area contributed by atoms with Gasteiger partial charge in [-0.3, -0.25) is 4.79 Å². The van der Waals surface area contributed by atoms with Gasteiger partial charge in [0.2, 0.25) is 0 Å². The van der Waals surface area contributed by atoms with Crippen LogP contribution in [-0.2, 0) is 0 Å². The Labute approximate surface area is 142 Å². The number of ether oxygens (including phenoxy) is 1. The summed E-state index contributed by atoms with van der Waals surface area (Å²) in [5, 5.41) is 0. The number of rotatable bonds is 8. The SMILES string of the molecule is Cc1cc(C(=O)CSCCOc2ccccc2)c(C)n1C1CC1. The molecule has 0 spiro atoms. The van der Waals surface area contributed by atoms with Crippen molar-refractivity contribution in [2.24, 2.45) is 0 Å². The zero-order valence-corrected chi connectivity index (χ0v) is 14.6. The molecule has 0 amide bonds. The normalized spacial score (nSPS) is 14.0. The lowest BCUT2D eigenvalue weighted by Gasteiger charge is -2.08. The first-order chi connectivity index (χ1) is 11.2. The second-order valence-electron chi connectivity index (χ2n) is 6.02. The Hall–Kier alpha value is -1.68. The van der Waals surface area contributed by atoms with Gasteiger partial charge >= 0.3 is 0 Å². The van der Waals surface area contributed by atoms with Gasteiger partial charge in [-0.1, -0.05) is 18.2 Å². The Kier molecular flexibility index (Phi) is 5.11. The predicted octanol–water partition coefficient (Wildman–Crippen LogP) is 4.43. The van der Waals surface area contributed by atoms with E-state index in [1.807, 2.05) is 30.3 Å². The van der Waals surface area contributed by atoms with Crippen molar-refractivity contribution >= 4 is 17.5 Å². The van der Waals surface area contributed by atoms with Crippen LogP contribution in [0.1, 0.15) is 40.6 Å². The number of thioether (sulfide) groups is 1. The van der Waals surface area contributed by atoms with Crippen molar-refractivity contribution < 1.29 is 9.53 Å². The molecule has 0 radical (unpaired) electrons. The van der Waals surface area contributed by atoms with Gasteiger partial charge in [0.05, 0.1) is 12.4 Å². The monoisotopic (exact) mass is 329 g/mol. The van der Waals surface area contributed by atoms with Gasteiger partial charge in [0.15, 0.2) is 5.78 Å². The molecular weight excluding hydrogens is 306 g/mol. The van der Waals surface area contributed by atoms with E-state index in [1.54, 1.807) is 11.8 Å². The molecule has 0 unspecified atom stereocenters. The number of benzene rings is 1. The number of carbonyl (C=O) groups excluding carboxylic acids is 1. The Morgan fingerprint density at radius 3 is 2.70 bits per heavy atom. The van der Waals surface area contributed by atoms with Gasteiger partial charge in [0, 0.05) is 28.7 Å². The van der Waals surface area contributed by atoms with Crippen LogP contribution in [0.15, 0.2) is 36.4 Å². The van der Waals surface area contributed by atoms with Gasteiger partial charge in [-0.05, 0) is 44.9 Å². The van der Waals surface area contributed by atoms with Crippen molar-refractivity contribution in [2.45, 2.75) is 32.7 Å². The fourth-order valence-electron chi connectivity index (χ4n) is 2.93. The molecule has 0 aliphatic heterocycles. The first-order valence-corrected chi connectivity index (χ1v) is 9.29. The second kappa shape index (κ2) is 7.26. The molecule has 0 saturated heterocycles. The molecule has 3 nitrogen and oxygen atoms in total. The third-order valence-corrected chi connectivity index (χ3v) is 5.09. The lowest BCUT2D eigenvalue weighted by atomic mass is 10.2. The maximum atomic E-state index is 12.4. The van der Waals surface area contributed by atoms with Gasteiger partial charge in [-0.2, -0.15) is 11.8 Å². The van der Waals surface area contributed by atoms with Crippen molar-refractivity contribution in [3.8, 4) is 5.75 Å². The van der Waals surface area contributed by atoms with Crippen LogP contribution >= 0.6 is 11.8 Å². The highest BCUT2D eigenvalue weighted by atomic mass is 32.2. The van der Waals surface area contributed by atoms with Crippen LogP contribution in [0.5, 0.6) is 5.75 Å². The highest BCUT2D eigenvalue weighted by molar-refractivity contribution is 8.00. The van der Waals surface area contributed by atoms with Crippen LogP contribution in [0.2, 0.25) is 0 Å². The van der Waals surface area contributed by atoms with Crippen molar-refractivity contribution in [1.82, 2.24) is 4.57 Å². The topological polar surface area (TPSA) is 31.2 Å². The molecule has 4 heteroatoms. The summed E-state index contributed by atoms with van der Waals surface area (Å²) in [5.41, 5.74) is 3.24. The van der Waals surface area contributed by atoms with Gasteiger partial charge in [0.25, 0.3) is 0 Å². The standard InChI is InChI=1S/C19H23NO2S/c1-14-12-18(15(2)20(14)16-8-9-16)19(21)13-23-11-10-22-17-6-4-3-5-7-17/h3-7,12,16H,8-11,13H2,1-2H3. The number of carbonyl (C=O) groups is 1. The molecule has 1 fully saturated rings. The second-order valence-corrected chi connectivity index (χ2v) is 7.13. The molecule has 0 N–H and O–H groups in total. The first kappa shape index (κ1) is 16.2. The molecule has 3 rings (SSSR count). The van der Waals surface area contributed by atoms with E-state index >= 15 is 0 Å². The van der Waals surface area contributed by atoms with Gasteiger partial charge < -0.3 is 9.30 Å². The van der Waals surface area contributed by atoms with Crippen LogP contribution in [0.3, 0.4) is 0 Å². The van der Waals surface area contributed by atoms with Crippen LogP contribution in [-0.4, -0.2) is 28.5 Å². The summed E-state index contributed by atoms with van der Waals surface area (Å²) >= 11 is 1.64. The molecule has 1 aromatic carbocycles. The van der Waals surface area contributed by atoms with E-state index < -0.39 is 0 Å². The summed E-state index contributed by atoms with van der Waals surface area (Å²) in [6, 6.07) is 12.5. The maximum absolute atomic E-state index is 12.4. The zero-order chi connectivity index (χ0) is 16.2. The summed E-state index contributed by atoms with van der Waals surface area (Å²) in [4.78, 5) is 12.4. The highest BCUT2D eigenvalue weighted by Gasteiger charge is 2.28. The third kappa shape index (κ3) is 3.99. The van der Waals surface area contributed by atoms with Gasteiger partial charge in [-0.15, -0.1) is 0 Å². The largest absolute Gasteiger partial charge is 0.493 e. The molecule has 1 aromatic heterocycles.